The van der Waals surface area contributed by atoms with Crippen LogP contribution in [0.4, 0.5) is 10.1 Å². The summed E-state index contributed by atoms with van der Waals surface area (Å²) in [7, 11) is 0. The molecule has 0 atom stereocenters. The second-order valence-corrected chi connectivity index (χ2v) is 4.27. The van der Waals surface area contributed by atoms with Gasteiger partial charge in [-0.1, -0.05) is 12.1 Å². The highest BCUT2D eigenvalue weighted by Crippen LogP contribution is 2.49. The van der Waals surface area contributed by atoms with Crippen LogP contribution in [0, 0.1) is 10.1 Å². The summed E-state index contributed by atoms with van der Waals surface area (Å²) < 4.78 is 13.9. The van der Waals surface area contributed by atoms with Gasteiger partial charge in [0.05, 0.1) is 21.5 Å². The summed E-state index contributed by atoms with van der Waals surface area (Å²) in [5.74, 6) is 0. The van der Waals surface area contributed by atoms with Crippen LogP contribution in [-0.4, -0.2) is 9.91 Å². The summed E-state index contributed by atoms with van der Waals surface area (Å²) in [5.41, 5.74) is -0.868. The lowest BCUT2D eigenvalue weighted by molar-refractivity contribution is -0.383. The molecule has 0 unspecified atom stereocenters. The molecule has 4 nitrogen and oxygen atoms in total. The molecule has 3 rings (SSSR count). The van der Waals surface area contributed by atoms with Crippen molar-refractivity contribution < 1.29 is 9.31 Å². The highest BCUT2D eigenvalue weighted by atomic mass is 19.1. The van der Waals surface area contributed by atoms with Crippen molar-refractivity contribution in [1.82, 2.24) is 4.98 Å². The number of pyridine rings is 1. The number of hydrogen-bond acceptors (Lipinski definition) is 3. The Labute approximate surface area is 96.2 Å². The van der Waals surface area contributed by atoms with Crippen molar-refractivity contribution in [3.63, 3.8) is 0 Å². The van der Waals surface area contributed by atoms with Gasteiger partial charge in [0.2, 0.25) is 0 Å². The summed E-state index contributed by atoms with van der Waals surface area (Å²) in [6.45, 7) is 0. The van der Waals surface area contributed by atoms with E-state index in [1.165, 1.54) is 6.07 Å². The lowest BCUT2D eigenvalue weighted by Gasteiger charge is -2.06. The number of nitro groups is 1. The highest BCUT2D eigenvalue weighted by Gasteiger charge is 2.47. The number of alkyl halides is 1. The third-order valence-corrected chi connectivity index (χ3v) is 3.04. The Morgan fingerprint density at radius 3 is 2.71 bits per heavy atom. The van der Waals surface area contributed by atoms with Crippen LogP contribution in [0.3, 0.4) is 0 Å². The van der Waals surface area contributed by atoms with Crippen LogP contribution in [0.25, 0.3) is 10.9 Å². The van der Waals surface area contributed by atoms with Gasteiger partial charge in [0.15, 0.2) is 5.67 Å². The highest BCUT2D eigenvalue weighted by molar-refractivity contribution is 5.88. The molecule has 86 valence electrons. The van der Waals surface area contributed by atoms with Gasteiger partial charge in [-0.05, 0) is 25.0 Å². The SMILES string of the molecule is O=[N+]([O-])c1cc(C2(F)CC2)nc2ccccc12. The summed E-state index contributed by atoms with van der Waals surface area (Å²) in [5, 5.41) is 11.4. The molecule has 1 heterocycles. The molecule has 5 heteroatoms. The maximum absolute atomic E-state index is 13.9. The van der Waals surface area contributed by atoms with Crippen LogP contribution >= 0.6 is 0 Å². The van der Waals surface area contributed by atoms with Crippen molar-refractivity contribution in [2.24, 2.45) is 0 Å². The van der Waals surface area contributed by atoms with Crippen LogP contribution in [-0.2, 0) is 5.67 Å². The first-order chi connectivity index (χ1) is 8.10. The lowest BCUT2D eigenvalue weighted by atomic mass is 10.1. The van der Waals surface area contributed by atoms with E-state index >= 15 is 0 Å². The topological polar surface area (TPSA) is 56.0 Å². The molecule has 0 spiro atoms. The molecular weight excluding hydrogens is 223 g/mol. The third kappa shape index (κ3) is 1.54. The van der Waals surface area contributed by atoms with Crippen LogP contribution in [0.5, 0.6) is 0 Å². The summed E-state index contributed by atoms with van der Waals surface area (Å²) in [6.07, 6.45) is 0.797. The van der Waals surface area contributed by atoms with Gasteiger partial charge in [0.1, 0.15) is 0 Å². The van der Waals surface area contributed by atoms with E-state index in [1.807, 2.05) is 0 Å². The Morgan fingerprint density at radius 2 is 2.06 bits per heavy atom. The normalized spacial score (nSPS) is 17.0. The molecule has 1 aliphatic rings. The molecule has 2 aromatic rings. The molecule has 17 heavy (non-hydrogen) atoms. The molecule has 0 amide bonds. The quantitative estimate of drug-likeness (QED) is 0.590. The Hall–Kier alpha value is -2.04. The summed E-state index contributed by atoms with van der Waals surface area (Å²) in [4.78, 5) is 14.7. The Morgan fingerprint density at radius 1 is 1.35 bits per heavy atom. The minimum absolute atomic E-state index is 0.0745. The number of nitrogens with zero attached hydrogens (tertiary/aromatic N) is 2. The van der Waals surface area contributed by atoms with Gasteiger partial charge in [0, 0.05) is 6.07 Å². The number of aromatic nitrogens is 1. The van der Waals surface area contributed by atoms with Gasteiger partial charge in [-0.25, -0.2) is 9.37 Å². The van der Waals surface area contributed by atoms with Crippen molar-refractivity contribution in [3.8, 4) is 0 Å². The number of halogens is 1. The molecule has 0 saturated heterocycles. The molecule has 0 N–H and O–H groups in total. The second-order valence-electron chi connectivity index (χ2n) is 4.27. The second kappa shape index (κ2) is 3.23. The largest absolute Gasteiger partial charge is 0.280 e. The van der Waals surface area contributed by atoms with Crippen molar-refractivity contribution >= 4 is 16.6 Å². The number of para-hydroxylation sites is 1. The maximum atomic E-state index is 13.9. The Kier molecular flexibility index (Phi) is 1.92. The monoisotopic (exact) mass is 232 g/mol. The fraction of sp³-hybridized carbons (Fsp3) is 0.250. The van der Waals surface area contributed by atoms with Crippen LogP contribution < -0.4 is 0 Å². The van der Waals surface area contributed by atoms with Gasteiger partial charge in [-0.2, -0.15) is 0 Å². The van der Waals surface area contributed by atoms with Gasteiger partial charge in [-0.15, -0.1) is 0 Å². The number of fused-ring (bicyclic) bond motifs is 1. The fourth-order valence-electron chi connectivity index (χ4n) is 1.90. The van der Waals surface area contributed by atoms with E-state index < -0.39 is 10.6 Å². The maximum Gasteiger partial charge on any atom is 0.280 e. The van der Waals surface area contributed by atoms with Crippen LogP contribution in [0.2, 0.25) is 0 Å². The van der Waals surface area contributed by atoms with Crippen molar-refractivity contribution in [2.75, 3.05) is 0 Å². The lowest BCUT2D eigenvalue weighted by Crippen LogP contribution is -2.03. The van der Waals surface area contributed by atoms with Gasteiger partial charge in [-0.3, -0.25) is 10.1 Å². The Balaban J connectivity index is 2.31. The van der Waals surface area contributed by atoms with Crippen molar-refractivity contribution in [2.45, 2.75) is 18.5 Å². The van der Waals surface area contributed by atoms with Crippen molar-refractivity contribution in [3.05, 3.63) is 46.1 Å². The van der Waals surface area contributed by atoms with E-state index in [2.05, 4.69) is 4.98 Å². The minimum atomic E-state index is -1.45. The van der Waals surface area contributed by atoms with E-state index in [0.717, 1.165) is 0 Å². The van der Waals surface area contributed by atoms with E-state index in [4.69, 9.17) is 0 Å². The zero-order valence-corrected chi connectivity index (χ0v) is 8.89. The molecule has 1 aromatic carbocycles. The van der Waals surface area contributed by atoms with Gasteiger partial charge >= 0.3 is 0 Å². The molecule has 0 bridgehead atoms. The van der Waals surface area contributed by atoms with E-state index in [0.29, 0.717) is 23.7 Å². The van der Waals surface area contributed by atoms with Crippen LogP contribution in [0.1, 0.15) is 18.5 Å². The summed E-state index contributed by atoms with van der Waals surface area (Å²) in [6, 6.07) is 7.99. The van der Waals surface area contributed by atoms with Gasteiger partial charge < -0.3 is 0 Å². The first-order valence-electron chi connectivity index (χ1n) is 5.34. The van der Waals surface area contributed by atoms with Crippen molar-refractivity contribution in [1.29, 1.82) is 0 Å². The van der Waals surface area contributed by atoms with Crippen LogP contribution in [0.15, 0.2) is 30.3 Å². The minimum Gasteiger partial charge on any atom is -0.258 e. The average molecular weight is 232 g/mol. The van der Waals surface area contributed by atoms with E-state index in [-0.39, 0.29) is 11.4 Å². The predicted octanol–water partition coefficient (Wildman–Crippen LogP) is 3.10. The van der Waals surface area contributed by atoms with E-state index in [9.17, 15) is 14.5 Å². The number of hydrogen-bond donors (Lipinski definition) is 0. The predicted molar refractivity (Wildman–Crippen MR) is 60.4 cm³/mol. The first kappa shape index (κ1) is 10.1. The molecule has 0 aliphatic heterocycles. The third-order valence-electron chi connectivity index (χ3n) is 3.04. The number of benzene rings is 1. The molecule has 1 aromatic heterocycles. The fourth-order valence-corrected chi connectivity index (χ4v) is 1.90. The smallest absolute Gasteiger partial charge is 0.258 e. The van der Waals surface area contributed by atoms with E-state index in [1.54, 1.807) is 24.3 Å². The summed E-state index contributed by atoms with van der Waals surface area (Å²) >= 11 is 0. The molecular formula is C12H9FN2O2. The molecule has 1 saturated carbocycles. The zero-order chi connectivity index (χ0) is 12.0. The first-order valence-corrected chi connectivity index (χ1v) is 5.34. The molecule has 1 aliphatic carbocycles. The average Bonchev–Trinajstić information content (AvgIpc) is 3.07. The zero-order valence-electron chi connectivity index (χ0n) is 8.89. The standard InChI is InChI=1S/C12H9FN2O2/c13-12(5-6-12)11-7-10(15(16)17)8-3-1-2-4-9(8)14-11/h1-4,7H,5-6H2. The Bertz CT molecular complexity index is 623. The van der Waals surface area contributed by atoms with Gasteiger partial charge in [0.25, 0.3) is 5.69 Å². The molecule has 0 radical (unpaired) electrons. The number of rotatable bonds is 2. The molecule has 1 fully saturated rings.